The quantitative estimate of drug-likeness (QED) is 0.774. The molecular formula is C18H30N2O. The lowest BCUT2D eigenvalue weighted by Crippen LogP contribution is -2.49. The maximum absolute atomic E-state index is 9.21. The third-order valence-corrected chi connectivity index (χ3v) is 4.77. The fourth-order valence-electron chi connectivity index (χ4n) is 3.19. The summed E-state index contributed by atoms with van der Waals surface area (Å²) in [5.41, 5.74) is 9.08. The molecule has 1 aromatic rings. The largest absolute Gasteiger partial charge is 0.396 e. The molecule has 0 saturated heterocycles. The van der Waals surface area contributed by atoms with Gasteiger partial charge < -0.3 is 10.8 Å². The van der Waals surface area contributed by atoms with Crippen LogP contribution >= 0.6 is 0 Å². The Labute approximate surface area is 129 Å². The SMILES string of the molecule is CCC(N)C(c1ccc(C)cc1)N(CCCO)C1CCC1. The van der Waals surface area contributed by atoms with Crippen molar-refractivity contribution in [3.05, 3.63) is 35.4 Å². The van der Waals surface area contributed by atoms with E-state index in [0.29, 0.717) is 6.04 Å². The number of aryl methyl sites for hydroxylation is 1. The molecule has 3 heteroatoms. The van der Waals surface area contributed by atoms with E-state index in [2.05, 4.69) is 43.0 Å². The van der Waals surface area contributed by atoms with Crippen molar-refractivity contribution in [2.24, 2.45) is 5.73 Å². The summed E-state index contributed by atoms with van der Waals surface area (Å²) in [6, 6.07) is 9.85. The Bertz CT molecular complexity index is 414. The molecule has 1 aliphatic rings. The van der Waals surface area contributed by atoms with Gasteiger partial charge in [0.2, 0.25) is 0 Å². The van der Waals surface area contributed by atoms with Gasteiger partial charge in [0.25, 0.3) is 0 Å². The van der Waals surface area contributed by atoms with Gasteiger partial charge in [-0.05, 0) is 38.2 Å². The van der Waals surface area contributed by atoms with Crippen LogP contribution in [0.2, 0.25) is 0 Å². The minimum absolute atomic E-state index is 0.145. The van der Waals surface area contributed by atoms with Crippen LogP contribution in [0.1, 0.15) is 56.2 Å². The van der Waals surface area contributed by atoms with Gasteiger partial charge in [-0.3, -0.25) is 4.90 Å². The summed E-state index contributed by atoms with van der Waals surface area (Å²) in [6.45, 7) is 5.48. The van der Waals surface area contributed by atoms with Crippen LogP contribution in [0.3, 0.4) is 0 Å². The molecule has 1 fully saturated rings. The normalized spacial score (nSPS) is 18.5. The Hall–Kier alpha value is -0.900. The average molecular weight is 290 g/mol. The first-order valence-electron chi connectivity index (χ1n) is 8.36. The number of rotatable bonds is 8. The highest BCUT2D eigenvalue weighted by Crippen LogP contribution is 2.34. The lowest BCUT2D eigenvalue weighted by molar-refractivity contribution is 0.0579. The molecule has 0 bridgehead atoms. The first-order valence-corrected chi connectivity index (χ1v) is 8.36. The molecule has 0 aromatic heterocycles. The Kier molecular flexibility index (Phi) is 6.22. The van der Waals surface area contributed by atoms with Gasteiger partial charge in [-0.1, -0.05) is 43.2 Å². The number of aliphatic hydroxyl groups is 1. The van der Waals surface area contributed by atoms with Gasteiger partial charge >= 0.3 is 0 Å². The van der Waals surface area contributed by atoms with E-state index in [9.17, 15) is 5.11 Å². The number of aliphatic hydroxyl groups excluding tert-OH is 1. The van der Waals surface area contributed by atoms with Crippen LogP contribution in [0.25, 0.3) is 0 Å². The fourth-order valence-corrected chi connectivity index (χ4v) is 3.19. The van der Waals surface area contributed by atoms with E-state index in [0.717, 1.165) is 19.4 Å². The van der Waals surface area contributed by atoms with Crippen LogP contribution in [0, 0.1) is 6.92 Å². The molecule has 0 heterocycles. The Morgan fingerprint density at radius 3 is 2.43 bits per heavy atom. The molecular weight excluding hydrogens is 260 g/mol. The first kappa shape index (κ1) is 16.5. The predicted octanol–water partition coefficient (Wildman–Crippen LogP) is 3.01. The van der Waals surface area contributed by atoms with E-state index in [1.807, 2.05) is 0 Å². The van der Waals surface area contributed by atoms with E-state index in [4.69, 9.17) is 5.73 Å². The lowest BCUT2D eigenvalue weighted by atomic mass is 9.86. The van der Waals surface area contributed by atoms with E-state index in [1.54, 1.807) is 0 Å². The summed E-state index contributed by atoms with van der Waals surface area (Å²) in [5, 5.41) is 9.21. The van der Waals surface area contributed by atoms with Crippen LogP contribution in [-0.2, 0) is 0 Å². The second-order valence-electron chi connectivity index (χ2n) is 6.33. The average Bonchev–Trinajstić information content (AvgIpc) is 2.44. The minimum atomic E-state index is 0.145. The standard InChI is InChI=1S/C18H30N2O/c1-3-17(19)18(15-10-8-14(2)9-11-15)20(12-5-13-21)16-6-4-7-16/h8-11,16-18,21H,3-7,12-13,19H2,1-2H3. The number of nitrogens with two attached hydrogens (primary N) is 1. The number of benzene rings is 1. The second kappa shape index (κ2) is 7.92. The van der Waals surface area contributed by atoms with E-state index < -0.39 is 0 Å². The van der Waals surface area contributed by atoms with Crippen molar-refractivity contribution in [3.63, 3.8) is 0 Å². The van der Waals surface area contributed by atoms with Crippen molar-refractivity contribution in [2.45, 2.75) is 64.1 Å². The zero-order valence-electron chi connectivity index (χ0n) is 13.5. The number of hydrogen-bond acceptors (Lipinski definition) is 3. The Morgan fingerprint density at radius 2 is 1.95 bits per heavy atom. The molecule has 1 saturated carbocycles. The number of hydrogen-bond donors (Lipinski definition) is 2. The third-order valence-electron chi connectivity index (χ3n) is 4.77. The second-order valence-corrected chi connectivity index (χ2v) is 6.33. The van der Waals surface area contributed by atoms with Gasteiger partial charge in [0.15, 0.2) is 0 Å². The van der Waals surface area contributed by atoms with E-state index in [1.165, 1.54) is 30.4 Å². The molecule has 0 amide bonds. The van der Waals surface area contributed by atoms with Crippen LogP contribution in [0.4, 0.5) is 0 Å². The van der Waals surface area contributed by atoms with Crippen molar-refractivity contribution >= 4 is 0 Å². The van der Waals surface area contributed by atoms with Crippen molar-refractivity contribution in [1.29, 1.82) is 0 Å². The van der Waals surface area contributed by atoms with Gasteiger partial charge in [0, 0.05) is 25.2 Å². The van der Waals surface area contributed by atoms with Crippen molar-refractivity contribution in [1.82, 2.24) is 4.90 Å². The van der Waals surface area contributed by atoms with E-state index in [-0.39, 0.29) is 18.7 Å². The summed E-state index contributed by atoms with van der Waals surface area (Å²) in [4.78, 5) is 2.55. The summed E-state index contributed by atoms with van der Waals surface area (Å²) in [7, 11) is 0. The molecule has 3 N–H and O–H groups in total. The maximum atomic E-state index is 9.21. The molecule has 2 atom stereocenters. The molecule has 2 rings (SSSR count). The Morgan fingerprint density at radius 1 is 1.29 bits per heavy atom. The van der Waals surface area contributed by atoms with E-state index >= 15 is 0 Å². The van der Waals surface area contributed by atoms with Crippen LogP contribution in [-0.4, -0.2) is 35.2 Å². The van der Waals surface area contributed by atoms with Gasteiger partial charge in [-0.15, -0.1) is 0 Å². The van der Waals surface area contributed by atoms with Gasteiger partial charge in [-0.25, -0.2) is 0 Å². The van der Waals surface area contributed by atoms with Crippen molar-refractivity contribution in [2.75, 3.05) is 13.2 Å². The highest BCUT2D eigenvalue weighted by atomic mass is 16.3. The fraction of sp³-hybridized carbons (Fsp3) is 0.667. The maximum Gasteiger partial charge on any atom is 0.0502 e. The molecule has 1 aliphatic carbocycles. The zero-order valence-corrected chi connectivity index (χ0v) is 13.5. The Balaban J connectivity index is 2.24. The van der Waals surface area contributed by atoms with Crippen LogP contribution < -0.4 is 5.73 Å². The van der Waals surface area contributed by atoms with Crippen LogP contribution in [0.5, 0.6) is 0 Å². The topological polar surface area (TPSA) is 49.5 Å². The highest BCUT2D eigenvalue weighted by Gasteiger charge is 2.33. The molecule has 0 radical (unpaired) electrons. The monoisotopic (exact) mass is 290 g/mol. The summed E-state index contributed by atoms with van der Waals surface area (Å²) in [5.74, 6) is 0. The molecule has 118 valence electrons. The summed E-state index contributed by atoms with van der Waals surface area (Å²) < 4.78 is 0. The first-order chi connectivity index (χ1) is 10.2. The smallest absolute Gasteiger partial charge is 0.0502 e. The molecule has 0 spiro atoms. The molecule has 21 heavy (non-hydrogen) atoms. The minimum Gasteiger partial charge on any atom is -0.396 e. The van der Waals surface area contributed by atoms with Crippen molar-refractivity contribution < 1.29 is 5.11 Å². The lowest BCUT2D eigenvalue weighted by Gasteiger charge is -2.45. The summed E-state index contributed by atoms with van der Waals surface area (Å²) >= 11 is 0. The number of nitrogens with zero attached hydrogens (tertiary/aromatic N) is 1. The molecule has 0 aliphatic heterocycles. The predicted molar refractivity (Wildman–Crippen MR) is 88.2 cm³/mol. The third kappa shape index (κ3) is 4.06. The van der Waals surface area contributed by atoms with Gasteiger partial charge in [-0.2, -0.15) is 0 Å². The molecule has 1 aromatic carbocycles. The summed E-state index contributed by atoms with van der Waals surface area (Å²) in [6.07, 6.45) is 5.66. The van der Waals surface area contributed by atoms with Crippen molar-refractivity contribution in [3.8, 4) is 0 Å². The van der Waals surface area contributed by atoms with Crippen LogP contribution in [0.15, 0.2) is 24.3 Å². The van der Waals surface area contributed by atoms with Gasteiger partial charge in [0.1, 0.15) is 0 Å². The van der Waals surface area contributed by atoms with Gasteiger partial charge in [0.05, 0.1) is 6.04 Å². The molecule has 2 unspecified atom stereocenters. The molecule has 3 nitrogen and oxygen atoms in total. The zero-order chi connectivity index (χ0) is 15.2. The highest BCUT2D eigenvalue weighted by molar-refractivity contribution is 5.25.